The Morgan fingerprint density at radius 1 is 1.41 bits per heavy atom. The van der Waals surface area contributed by atoms with Crippen LogP contribution in [0.5, 0.6) is 0 Å². The highest BCUT2D eigenvalue weighted by Gasteiger charge is 2.43. The van der Waals surface area contributed by atoms with Crippen LogP contribution in [0.1, 0.15) is 17.5 Å². The molecule has 1 fully saturated rings. The van der Waals surface area contributed by atoms with E-state index in [2.05, 4.69) is 15.0 Å². The molecule has 1 atom stereocenters. The summed E-state index contributed by atoms with van der Waals surface area (Å²) in [4.78, 5) is 10.7. The van der Waals surface area contributed by atoms with E-state index in [0.29, 0.717) is 28.1 Å². The lowest BCUT2D eigenvalue weighted by Gasteiger charge is -2.15. The fraction of sp³-hybridized carbons (Fsp3) is 0.412. The van der Waals surface area contributed by atoms with Gasteiger partial charge in [-0.25, -0.2) is 13.7 Å². The van der Waals surface area contributed by atoms with E-state index in [1.54, 1.807) is 24.3 Å². The molecule has 3 rings (SSSR count). The van der Waals surface area contributed by atoms with Gasteiger partial charge in [0.1, 0.15) is 18.0 Å². The number of benzene rings is 1. The molecule has 1 aromatic heterocycles. The van der Waals surface area contributed by atoms with Crippen molar-refractivity contribution in [3.8, 4) is 0 Å². The van der Waals surface area contributed by atoms with E-state index >= 15 is 0 Å². The van der Waals surface area contributed by atoms with Crippen molar-refractivity contribution < 1.29 is 17.6 Å². The molecule has 1 aromatic carbocycles. The highest BCUT2D eigenvalue weighted by Crippen LogP contribution is 2.38. The molecule has 0 spiro atoms. The fourth-order valence-corrected chi connectivity index (χ4v) is 4.20. The van der Waals surface area contributed by atoms with Gasteiger partial charge in [0.2, 0.25) is 0 Å². The van der Waals surface area contributed by atoms with Crippen molar-refractivity contribution in [3.63, 3.8) is 0 Å². The summed E-state index contributed by atoms with van der Waals surface area (Å²) in [5, 5.41) is 1.09. The first-order valence-corrected chi connectivity index (χ1v) is 9.03. The van der Waals surface area contributed by atoms with Gasteiger partial charge in [-0.3, -0.25) is 4.99 Å². The normalized spacial score (nSPS) is 19.6. The van der Waals surface area contributed by atoms with Crippen molar-refractivity contribution in [1.82, 2.24) is 9.29 Å². The molecule has 146 valence electrons. The maximum Gasteiger partial charge on any atom is 0.393 e. The summed E-state index contributed by atoms with van der Waals surface area (Å²) in [5.41, 5.74) is 7.45. The second-order valence-electron chi connectivity index (χ2n) is 6.37. The molecule has 1 saturated heterocycles. The van der Waals surface area contributed by atoms with Gasteiger partial charge in [0.25, 0.3) is 0 Å². The molecule has 2 aromatic rings. The Morgan fingerprint density at radius 3 is 2.78 bits per heavy atom. The first kappa shape index (κ1) is 19.7. The minimum atomic E-state index is -4.20. The molecule has 0 saturated carbocycles. The number of rotatable bonds is 4. The highest BCUT2D eigenvalue weighted by atomic mass is 32.2. The van der Waals surface area contributed by atoms with E-state index in [1.807, 2.05) is 0 Å². The molecule has 0 radical (unpaired) electrons. The quantitative estimate of drug-likeness (QED) is 0.354. The number of nitrogens with two attached hydrogens (primary N) is 1. The number of halogens is 4. The Hall–Kier alpha value is -2.07. The summed E-state index contributed by atoms with van der Waals surface area (Å²) in [5.74, 6) is -1.60. The van der Waals surface area contributed by atoms with Gasteiger partial charge in [0.05, 0.1) is 16.5 Å². The van der Waals surface area contributed by atoms with E-state index < -0.39 is 17.9 Å². The third-order valence-corrected chi connectivity index (χ3v) is 5.45. The summed E-state index contributed by atoms with van der Waals surface area (Å²) in [6.45, 7) is 1.95. The van der Waals surface area contributed by atoms with Gasteiger partial charge in [-0.05, 0) is 43.0 Å². The van der Waals surface area contributed by atoms with Crippen molar-refractivity contribution in [2.24, 2.45) is 21.6 Å². The third-order valence-electron chi connectivity index (χ3n) is 4.45. The number of aliphatic imine (C=N–C) groups is 2. The van der Waals surface area contributed by atoms with E-state index in [-0.39, 0.29) is 24.3 Å². The topological polar surface area (TPSA) is 69.8 Å². The number of hydrogen-bond acceptors (Lipinski definition) is 3. The zero-order valence-electron chi connectivity index (χ0n) is 14.8. The van der Waals surface area contributed by atoms with Crippen LogP contribution >= 0.6 is 11.9 Å². The van der Waals surface area contributed by atoms with Gasteiger partial charge in [0.15, 0.2) is 0 Å². The van der Waals surface area contributed by atoms with Crippen molar-refractivity contribution in [1.29, 1.82) is 0 Å². The average Bonchev–Trinajstić information content (AvgIpc) is 3.20. The van der Waals surface area contributed by atoms with Crippen molar-refractivity contribution in [2.45, 2.75) is 24.5 Å². The summed E-state index contributed by atoms with van der Waals surface area (Å²) >= 11 is 1.15. The summed E-state index contributed by atoms with van der Waals surface area (Å²) < 4.78 is 54.6. The second kappa shape index (κ2) is 7.51. The van der Waals surface area contributed by atoms with Crippen LogP contribution in [0.2, 0.25) is 0 Å². The number of nitrogens with one attached hydrogen (secondary N) is 1. The summed E-state index contributed by atoms with van der Waals surface area (Å²) in [6.07, 6.45) is -2.84. The molecular weight excluding hydrogens is 382 g/mol. The number of aromatic nitrogens is 1. The van der Waals surface area contributed by atoms with E-state index in [1.165, 1.54) is 12.4 Å². The van der Waals surface area contributed by atoms with Crippen LogP contribution in [-0.4, -0.2) is 47.8 Å². The SMILES string of the molecule is CN=CN=C(N)c1c(C)cc(F)c2[nH]c(SN3CCC(C(F)(F)F)C3)cc12. The summed E-state index contributed by atoms with van der Waals surface area (Å²) in [6, 6.07) is 3.04. The van der Waals surface area contributed by atoms with Crippen LogP contribution in [0.25, 0.3) is 10.9 Å². The first-order valence-electron chi connectivity index (χ1n) is 8.26. The maximum atomic E-state index is 14.4. The Kier molecular flexibility index (Phi) is 5.48. The zero-order valence-corrected chi connectivity index (χ0v) is 15.6. The minimum Gasteiger partial charge on any atom is -0.383 e. The predicted molar refractivity (Wildman–Crippen MR) is 99.7 cm³/mol. The molecule has 1 aliphatic heterocycles. The van der Waals surface area contributed by atoms with Crippen molar-refractivity contribution in [2.75, 3.05) is 20.1 Å². The minimum absolute atomic E-state index is 0.0609. The van der Waals surface area contributed by atoms with Gasteiger partial charge in [0, 0.05) is 31.1 Å². The van der Waals surface area contributed by atoms with Crippen molar-refractivity contribution in [3.05, 3.63) is 29.1 Å². The Balaban J connectivity index is 1.92. The molecule has 27 heavy (non-hydrogen) atoms. The number of H-pyrrole nitrogens is 1. The Bertz CT molecular complexity index is 903. The number of fused-ring (bicyclic) bond motifs is 1. The Labute approximate surface area is 157 Å². The lowest BCUT2D eigenvalue weighted by Crippen LogP contribution is -2.24. The Morgan fingerprint density at radius 2 is 2.15 bits per heavy atom. The van der Waals surface area contributed by atoms with E-state index in [0.717, 1.165) is 11.9 Å². The predicted octanol–water partition coefficient (Wildman–Crippen LogP) is 3.87. The molecule has 1 unspecified atom stereocenters. The van der Waals surface area contributed by atoms with Crippen LogP contribution in [0, 0.1) is 18.7 Å². The van der Waals surface area contributed by atoms with Crippen LogP contribution in [0.4, 0.5) is 17.6 Å². The van der Waals surface area contributed by atoms with Gasteiger partial charge in [-0.15, -0.1) is 0 Å². The summed E-state index contributed by atoms with van der Waals surface area (Å²) in [7, 11) is 1.55. The number of aromatic amines is 1. The average molecular weight is 401 g/mol. The number of hydrogen-bond donors (Lipinski definition) is 2. The molecule has 2 heterocycles. The maximum absolute atomic E-state index is 14.4. The lowest BCUT2D eigenvalue weighted by atomic mass is 10.0. The molecule has 0 amide bonds. The monoisotopic (exact) mass is 401 g/mol. The van der Waals surface area contributed by atoms with Crippen LogP contribution < -0.4 is 5.73 Å². The van der Waals surface area contributed by atoms with Gasteiger partial charge >= 0.3 is 6.18 Å². The van der Waals surface area contributed by atoms with E-state index in [9.17, 15) is 17.6 Å². The molecule has 1 aliphatic rings. The molecule has 0 bridgehead atoms. The molecule has 5 nitrogen and oxygen atoms in total. The molecule has 3 N–H and O–H groups in total. The first-order chi connectivity index (χ1) is 12.7. The molecular formula is C17H19F4N5S. The second-order valence-corrected chi connectivity index (χ2v) is 7.51. The van der Waals surface area contributed by atoms with Crippen molar-refractivity contribution >= 4 is 35.0 Å². The van der Waals surface area contributed by atoms with Crippen LogP contribution in [0.3, 0.4) is 0 Å². The highest BCUT2D eigenvalue weighted by molar-refractivity contribution is 7.97. The number of alkyl halides is 3. The van der Waals surface area contributed by atoms with Gasteiger partial charge < -0.3 is 10.7 Å². The van der Waals surface area contributed by atoms with Crippen LogP contribution in [-0.2, 0) is 0 Å². The van der Waals surface area contributed by atoms with E-state index in [4.69, 9.17) is 5.73 Å². The number of aryl methyl sites for hydroxylation is 1. The fourth-order valence-electron chi connectivity index (χ4n) is 3.15. The van der Waals surface area contributed by atoms with Gasteiger partial charge in [-0.1, -0.05) is 0 Å². The largest absolute Gasteiger partial charge is 0.393 e. The zero-order chi connectivity index (χ0) is 19.8. The standard InChI is InChI=1S/C17H19F4N5S/c1-9-5-12(18)15-11(14(9)16(22)24-8-23-2)6-13(25-15)27-26-4-3-10(7-26)17(19,20)21/h5-6,8,10,25H,3-4,7H2,1-2H3,(H2,22,23,24). The molecule has 10 heteroatoms. The molecule has 0 aliphatic carbocycles. The van der Waals surface area contributed by atoms with Crippen LogP contribution in [0.15, 0.2) is 27.1 Å². The number of amidine groups is 1. The lowest BCUT2D eigenvalue weighted by molar-refractivity contribution is -0.169. The van der Waals surface area contributed by atoms with Gasteiger partial charge in [-0.2, -0.15) is 13.2 Å². The smallest absolute Gasteiger partial charge is 0.383 e. The third kappa shape index (κ3) is 4.11. The number of nitrogens with zero attached hydrogens (tertiary/aromatic N) is 3.